The fourth-order valence-corrected chi connectivity index (χ4v) is 2.65. The Bertz CT molecular complexity index is 396. The molecule has 0 amide bonds. The highest BCUT2D eigenvalue weighted by Gasteiger charge is 2.21. The Labute approximate surface area is 116 Å². The normalized spacial score (nSPS) is 19.3. The lowest BCUT2D eigenvalue weighted by atomic mass is 9.98. The molecule has 1 atom stereocenters. The van der Waals surface area contributed by atoms with Crippen molar-refractivity contribution in [3.05, 3.63) is 35.9 Å². The molecule has 0 spiro atoms. The van der Waals surface area contributed by atoms with Gasteiger partial charge < -0.3 is 9.80 Å². The molecule has 1 aromatic rings. The highest BCUT2D eigenvalue weighted by Crippen LogP contribution is 2.11. The Morgan fingerprint density at radius 1 is 1.11 bits per heavy atom. The smallest absolute Gasteiger partial charge is 0.166 e. The van der Waals surface area contributed by atoms with Crippen molar-refractivity contribution < 1.29 is 4.79 Å². The third-order valence-electron chi connectivity index (χ3n) is 3.95. The molecule has 19 heavy (non-hydrogen) atoms. The second-order valence-corrected chi connectivity index (χ2v) is 5.37. The van der Waals surface area contributed by atoms with Crippen molar-refractivity contribution in [2.45, 2.75) is 13.8 Å². The van der Waals surface area contributed by atoms with Crippen LogP contribution >= 0.6 is 0 Å². The zero-order valence-electron chi connectivity index (χ0n) is 12.0. The van der Waals surface area contributed by atoms with Crippen LogP contribution in [0.2, 0.25) is 0 Å². The summed E-state index contributed by atoms with van der Waals surface area (Å²) in [6.07, 6.45) is 0. The van der Waals surface area contributed by atoms with Crippen molar-refractivity contribution >= 4 is 5.78 Å². The van der Waals surface area contributed by atoms with Gasteiger partial charge in [-0.05, 0) is 6.54 Å². The summed E-state index contributed by atoms with van der Waals surface area (Å²) in [6.45, 7) is 10.7. The summed E-state index contributed by atoms with van der Waals surface area (Å²) in [4.78, 5) is 17.2. The number of carbonyl (C=O) groups excluding carboxylic acids is 1. The molecule has 0 N–H and O–H groups in total. The van der Waals surface area contributed by atoms with Crippen LogP contribution in [0.5, 0.6) is 0 Å². The average molecular weight is 260 g/mol. The molecular weight excluding hydrogens is 236 g/mol. The number of Topliss-reactive ketones (excluding diaryl/α,β-unsaturated/α-hetero) is 1. The largest absolute Gasteiger partial charge is 0.301 e. The van der Waals surface area contributed by atoms with Crippen molar-refractivity contribution in [2.75, 3.05) is 39.3 Å². The van der Waals surface area contributed by atoms with Crippen LogP contribution in [-0.4, -0.2) is 54.9 Å². The van der Waals surface area contributed by atoms with Crippen LogP contribution in [0.1, 0.15) is 24.2 Å². The minimum absolute atomic E-state index is 0.0792. The first-order chi connectivity index (χ1) is 9.20. The van der Waals surface area contributed by atoms with Gasteiger partial charge in [0, 0.05) is 44.2 Å². The Balaban J connectivity index is 1.84. The summed E-state index contributed by atoms with van der Waals surface area (Å²) in [7, 11) is 0. The first kappa shape index (κ1) is 14.2. The molecule has 0 saturated carbocycles. The van der Waals surface area contributed by atoms with E-state index in [0.717, 1.165) is 44.8 Å². The maximum absolute atomic E-state index is 12.3. The lowest BCUT2D eigenvalue weighted by Crippen LogP contribution is -2.47. The second kappa shape index (κ2) is 6.83. The van der Waals surface area contributed by atoms with Gasteiger partial charge in [0.2, 0.25) is 0 Å². The number of benzene rings is 1. The highest BCUT2D eigenvalue weighted by atomic mass is 16.1. The van der Waals surface area contributed by atoms with Gasteiger partial charge in [-0.25, -0.2) is 0 Å². The Morgan fingerprint density at radius 2 is 1.68 bits per heavy atom. The molecule has 1 saturated heterocycles. The Kier molecular flexibility index (Phi) is 5.11. The van der Waals surface area contributed by atoms with Crippen molar-refractivity contribution in [1.82, 2.24) is 9.80 Å². The van der Waals surface area contributed by atoms with E-state index in [0.29, 0.717) is 0 Å². The van der Waals surface area contributed by atoms with E-state index in [1.54, 1.807) is 0 Å². The topological polar surface area (TPSA) is 23.6 Å². The van der Waals surface area contributed by atoms with Gasteiger partial charge in [0.15, 0.2) is 5.78 Å². The number of nitrogens with zero attached hydrogens (tertiary/aromatic N) is 2. The van der Waals surface area contributed by atoms with Crippen LogP contribution < -0.4 is 0 Å². The van der Waals surface area contributed by atoms with Gasteiger partial charge in [-0.2, -0.15) is 0 Å². The van der Waals surface area contributed by atoms with E-state index in [2.05, 4.69) is 16.7 Å². The van der Waals surface area contributed by atoms with E-state index in [1.807, 2.05) is 37.3 Å². The monoisotopic (exact) mass is 260 g/mol. The maximum atomic E-state index is 12.3. The molecule has 0 radical (unpaired) electrons. The molecule has 0 bridgehead atoms. The van der Waals surface area contributed by atoms with Crippen molar-refractivity contribution in [3.8, 4) is 0 Å². The number of piperazine rings is 1. The number of carbonyl (C=O) groups is 1. The lowest BCUT2D eigenvalue weighted by Gasteiger charge is -2.35. The zero-order chi connectivity index (χ0) is 13.7. The number of rotatable bonds is 5. The van der Waals surface area contributed by atoms with Crippen LogP contribution in [0, 0.1) is 5.92 Å². The van der Waals surface area contributed by atoms with Crippen molar-refractivity contribution in [2.24, 2.45) is 5.92 Å². The van der Waals surface area contributed by atoms with E-state index >= 15 is 0 Å². The number of hydrogen-bond donors (Lipinski definition) is 0. The maximum Gasteiger partial charge on any atom is 0.166 e. The Morgan fingerprint density at radius 3 is 2.26 bits per heavy atom. The summed E-state index contributed by atoms with van der Waals surface area (Å²) in [5.41, 5.74) is 0.835. The van der Waals surface area contributed by atoms with Gasteiger partial charge in [-0.3, -0.25) is 4.79 Å². The van der Waals surface area contributed by atoms with Crippen molar-refractivity contribution in [3.63, 3.8) is 0 Å². The molecule has 1 aliphatic heterocycles. The zero-order valence-corrected chi connectivity index (χ0v) is 12.0. The fourth-order valence-electron chi connectivity index (χ4n) is 2.65. The van der Waals surface area contributed by atoms with Crippen LogP contribution in [-0.2, 0) is 0 Å². The van der Waals surface area contributed by atoms with Gasteiger partial charge >= 0.3 is 0 Å². The molecule has 0 aromatic heterocycles. The van der Waals surface area contributed by atoms with Crippen LogP contribution in [0.25, 0.3) is 0 Å². The van der Waals surface area contributed by atoms with Gasteiger partial charge in [0.1, 0.15) is 0 Å². The van der Waals surface area contributed by atoms with E-state index in [9.17, 15) is 4.79 Å². The van der Waals surface area contributed by atoms with Gasteiger partial charge in [0.05, 0.1) is 0 Å². The van der Waals surface area contributed by atoms with Crippen LogP contribution in [0.3, 0.4) is 0 Å². The molecule has 0 aliphatic carbocycles. The number of hydrogen-bond acceptors (Lipinski definition) is 3. The van der Waals surface area contributed by atoms with Crippen molar-refractivity contribution in [1.29, 1.82) is 0 Å². The quantitative estimate of drug-likeness (QED) is 0.758. The van der Waals surface area contributed by atoms with E-state index in [1.165, 1.54) is 0 Å². The molecule has 104 valence electrons. The minimum atomic E-state index is 0.0792. The lowest BCUT2D eigenvalue weighted by molar-refractivity contribution is 0.0839. The van der Waals surface area contributed by atoms with Crippen LogP contribution in [0.4, 0.5) is 0 Å². The molecule has 3 heteroatoms. The minimum Gasteiger partial charge on any atom is -0.301 e. The van der Waals surface area contributed by atoms with Crippen LogP contribution in [0.15, 0.2) is 30.3 Å². The van der Waals surface area contributed by atoms with E-state index in [4.69, 9.17) is 0 Å². The van der Waals surface area contributed by atoms with E-state index in [-0.39, 0.29) is 11.7 Å². The third kappa shape index (κ3) is 3.88. The van der Waals surface area contributed by atoms with Gasteiger partial charge in [-0.1, -0.05) is 44.2 Å². The standard InChI is InChI=1S/C16H24N2O/c1-3-17-9-11-18(12-10-17)13-14(2)16(19)15-7-5-4-6-8-15/h4-8,14H,3,9-13H2,1-2H3. The first-order valence-corrected chi connectivity index (χ1v) is 7.24. The average Bonchev–Trinajstić information content (AvgIpc) is 2.48. The second-order valence-electron chi connectivity index (χ2n) is 5.37. The number of ketones is 1. The third-order valence-corrected chi connectivity index (χ3v) is 3.95. The molecular formula is C16H24N2O. The molecule has 1 fully saturated rings. The predicted molar refractivity (Wildman–Crippen MR) is 78.5 cm³/mol. The summed E-state index contributed by atoms with van der Waals surface area (Å²) in [5, 5.41) is 0. The first-order valence-electron chi connectivity index (χ1n) is 7.24. The summed E-state index contributed by atoms with van der Waals surface area (Å²) < 4.78 is 0. The summed E-state index contributed by atoms with van der Waals surface area (Å²) >= 11 is 0. The number of likely N-dealkylation sites (N-methyl/N-ethyl adjacent to an activating group) is 1. The SMILES string of the molecule is CCN1CCN(CC(C)C(=O)c2ccccc2)CC1. The Hall–Kier alpha value is -1.19. The molecule has 3 nitrogen and oxygen atoms in total. The fraction of sp³-hybridized carbons (Fsp3) is 0.562. The van der Waals surface area contributed by atoms with E-state index < -0.39 is 0 Å². The molecule has 1 aliphatic rings. The van der Waals surface area contributed by atoms with Gasteiger partial charge in [-0.15, -0.1) is 0 Å². The molecule has 2 rings (SSSR count). The molecule has 1 aromatic carbocycles. The highest BCUT2D eigenvalue weighted by molar-refractivity contribution is 5.97. The molecule has 1 unspecified atom stereocenters. The summed E-state index contributed by atoms with van der Waals surface area (Å²) in [5.74, 6) is 0.342. The summed E-state index contributed by atoms with van der Waals surface area (Å²) in [6, 6.07) is 9.63. The molecule has 1 heterocycles. The van der Waals surface area contributed by atoms with Gasteiger partial charge in [0.25, 0.3) is 0 Å². The predicted octanol–water partition coefficient (Wildman–Crippen LogP) is 2.14.